The van der Waals surface area contributed by atoms with Gasteiger partial charge in [0.2, 0.25) is 0 Å². The summed E-state index contributed by atoms with van der Waals surface area (Å²) in [5.41, 5.74) is 1.80. The highest BCUT2D eigenvalue weighted by atomic mass is 32.1. The second-order valence-corrected chi connectivity index (χ2v) is 20.8. The number of hydrogen-bond acceptors (Lipinski definition) is 8. The van der Waals surface area contributed by atoms with Gasteiger partial charge in [-0.1, -0.05) is 24.3 Å². The molecule has 0 spiro atoms. The highest BCUT2D eigenvalue weighted by Crippen LogP contribution is 2.52. The maximum atomic E-state index is 5.57. The van der Waals surface area contributed by atoms with Gasteiger partial charge in [0.1, 0.15) is 11.5 Å². The van der Waals surface area contributed by atoms with Crippen LogP contribution in [0.25, 0.3) is 36.5 Å². The molecule has 0 saturated heterocycles. The van der Waals surface area contributed by atoms with Gasteiger partial charge >= 0.3 is 0 Å². The third kappa shape index (κ3) is 6.42. The molecule has 0 unspecified atom stereocenters. The zero-order valence-corrected chi connectivity index (χ0v) is 35.6. The Morgan fingerprint density at radius 1 is 0.321 bits per heavy atom. The zero-order chi connectivity index (χ0) is 37.7. The molecular weight excluding hydrogens is 801 g/mol. The van der Waals surface area contributed by atoms with Crippen LogP contribution in [0.15, 0.2) is 121 Å². The Bertz CT molecular complexity index is 2330. The molecule has 0 fully saturated rings. The van der Waals surface area contributed by atoms with Gasteiger partial charge in [-0.25, -0.2) is 0 Å². The molecule has 56 heavy (non-hydrogen) atoms. The molecule has 8 aromatic rings. The molecular formula is C48H36O2S6. The van der Waals surface area contributed by atoms with Crippen LogP contribution in [-0.4, -0.2) is 14.2 Å². The highest BCUT2D eigenvalue weighted by Gasteiger charge is 2.42. The van der Waals surface area contributed by atoms with Crippen LogP contribution < -0.4 is 9.47 Å². The second-order valence-electron chi connectivity index (χ2n) is 14.1. The normalized spacial score (nSPS) is 20.0. The van der Waals surface area contributed by atoms with Crippen LogP contribution in [0.5, 0.6) is 11.5 Å². The van der Waals surface area contributed by atoms with Gasteiger partial charge in [-0.15, -0.1) is 68.0 Å². The van der Waals surface area contributed by atoms with Crippen LogP contribution in [0.3, 0.4) is 0 Å². The van der Waals surface area contributed by atoms with Crippen molar-refractivity contribution in [1.82, 2.24) is 0 Å². The molecule has 0 aliphatic carbocycles. The van der Waals surface area contributed by atoms with E-state index in [9.17, 15) is 0 Å². The van der Waals surface area contributed by atoms with E-state index < -0.39 is 0 Å². The van der Waals surface area contributed by atoms with Crippen molar-refractivity contribution >= 4 is 104 Å². The molecule has 3 aliphatic heterocycles. The molecule has 2 aromatic carbocycles. The largest absolute Gasteiger partial charge is 0.497 e. The van der Waals surface area contributed by atoms with Gasteiger partial charge in [0.05, 0.1) is 25.0 Å². The van der Waals surface area contributed by atoms with E-state index in [4.69, 9.17) is 9.47 Å². The predicted molar refractivity (Wildman–Crippen MR) is 246 cm³/mol. The minimum atomic E-state index is -0.376. The van der Waals surface area contributed by atoms with Crippen LogP contribution in [0.4, 0.5) is 0 Å². The summed E-state index contributed by atoms with van der Waals surface area (Å²) in [4.78, 5) is 15.6. The number of thiophene rings is 6. The van der Waals surface area contributed by atoms with Gasteiger partial charge < -0.3 is 9.47 Å². The fourth-order valence-electron chi connectivity index (χ4n) is 7.87. The molecule has 0 N–H and O–H groups in total. The molecule has 276 valence electrons. The first-order valence-corrected chi connectivity index (χ1v) is 23.3. The van der Waals surface area contributed by atoms with Gasteiger partial charge in [0.25, 0.3) is 0 Å². The summed E-state index contributed by atoms with van der Waals surface area (Å²) in [5.74, 6) is 1.75. The Hall–Kier alpha value is -4.54. The van der Waals surface area contributed by atoms with Crippen molar-refractivity contribution in [3.05, 3.63) is 191 Å². The van der Waals surface area contributed by atoms with Crippen LogP contribution in [-0.2, 0) is 23.7 Å². The third-order valence-corrected chi connectivity index (χ3v) is 18.1. The molecule has 14 bridgehead atoms. The number of rotatable bonds is 6. The number of methoxy groups -OCH3 is 2. The summed E-state index contributed by atoms with van der Waals surface area (Å²) < 4.78 is 11.1. The van der Waals surface area contributed by atoms with E-state index in [-0.39, 0.29) is 10.8 Å². The van der Waals surface area contributed by atoms with Gasteiger partial charge in [-0.3, -0.25) is 0 Å². The van der Waals surface area contributed by atoms with Crippen molar-refractivity contribution in [2.24, 2.45) is 0 Å². The smallest absolute Gasteiger partial charge is 0.118 e. The molecule has 0 radical (unpaired) electrons. The number of benzene rings is 2. The van der Waals surface area contributed by atoms with Crippen molar-refractivity contribution in [3.8, 4) is 11.5 Å². The Morgan fingerprint density at radius 2 is 0.554 bits per heavy atom. The van der Waals surface area contributed by atoms with E-state index in [0.717, 1.165) is 24.3 Å². The molecule has 8 heteroatoms. The Morgan fingerprint density at radius 3 is 0.768 bits per heavy atom. The average molecular weight is 837 g/mol. The first kappa shape index (κ1) is 35.8. The molecule has 11 rings (SSSR count). The first-order valence-electron chi connectivity index (χ1n) is 18.4. The molecule has 0 saturated carbocycles. The minimum Gasteiger partial charge on any atom is -0.497 e. The molecule has 3 aliphatic rings. The van der Waals surface area contributed by atoms with E-state index in [0.29, 0.717) is 0 Å². The Labute approximate surface area is 351 Å². The van der Waals surface area contributed by atoms with E-state index in [1.807, 2.05) is 68.0 Å². The minimum absolute atomic E-state index is 0.376. The van der Waals surface area contributed by atoms with Crippen molar-refractivity contribution < 1.29 is 9.47 Å². The summed E-state index contributed by atoms with van der Waals surface area (Å²) >= 11 is 11.4. The summed E-state index contributed by atoms with van der Waals surface area (Å²) in [7, 11) is 3.47. The van der Waals surface area contributed by atoms with Crippen LogP contribution in [0, 0.1) is 0 Å². The average Bonchev–Trinajstić information content (AvgIpc) is 4.09. The second kappa shape index (κ2) is 14.8. The summed E-state index contributed by atoms with van der Waals surface area (Å²) in [6, 6.07) is 45.4. The third-order valence-electron chi connectivity index (χ3n) is 10.8. The van der Waals surface area contributed by atoms with E-state index in [1.54, 1.807) is 14.2 Å². The lowest BCUT2D eigenvalue weighted by Crippen LogP contribution is -2.29. The molecule has 9 heterocycles. The van der Waals surface area contributed by atoms with Gasteiger partial charge in [0.15, 0.2) is 0 Å². The van der Waals surface area contributed by atoms with Crippen molar-refractivity contribution in [3.63, 3.8) is 0 Å². The fourth-order valence-corrected chi connectivity index (χ4v) is 15.0. The van der Waals surface area contributed by atoms with Crippen LogP contribution in [0.1, 0.15) is 69.7 Å². The SMILES string of the molecule is COc1ccc(CC23c4ccc(s4)/C=C/c4ccc(s4)C(Cc4ccc(OC)cc4)(c4ccc(s4)/C=C/c4ccc2s4)c2ccc(s2)/C=C/c2ccc3s2)cc1. The zero-order valence-electron chi connectivity index (χ0n) is 30.7. The standard InChI is InChI=1S/C48H36O2S6/c1-49-33-7-3-31(4-8-33)29-47-41-23-17-35(51-41)11-14-38-20-26-44(54-38)48(30-32-5-9-34(50-2)10-6-32,45-27-21-39(55-45)15-12-36-18-24-42(47)52-36)46-28-22-40(56-46)16-13-37-19-25-43(47)53-37/h3-28H,29-30H2,1-2H3/b14-11+,15-12+,16-13+. The quantitative estimate of drug-likeness (QED) is 0.166. The Balaban J connectivity index is 1.24. The lowest BCUT2D eigenvalue weighted by Gasteiger charge is -2.32. The monoisotopic (exact) mass is 836 g/mol. The molecule has 0 amide bonds. The lowest BCUT2D eigenvalue weighted by atomic mass is 9.77. The molecule has 6 aromatic heterocycles. The van der Waals surface area contributed by atoms with Gasteiger partial charge in [-0.05, 0) is 157 Å². The van der Waals surface area contributed by atoms with Crippen molar-refractivity contribution in [1.29, 1.82) is 0 Å². The van der Waals surface area contributed by atoms with Crippen LogP contribution in [0.2, 0.25) is 0 Å². The number of hydrogen-bond donors (Lipinski definition) is 0. The van der Waals surface area contributed by atoms with E-state index >= 15 is 0 Å². The highest BCUT2D eigenvalue weighted by molar-refractivity contribution is 7.18. The van der Waals surface area contributed by atoms with Crippen molar-refractivity contribution in [2.75, 3.05) is 14.2 Å². The number of ether oxygens (including phenoxy) is 2. The van der Waals surface area contributed by atoms with Gasteiger partial charge in [0, 0.05) is 58.5 Å². The maximum absolute atomic E-state index is 5.57. The summed E-state index contributed by atoms with van der Waals surface area (Å²) in [6.07, 6.45) is 15.6. The van der Waals surface area contributed by atoms with E-state index in [2.05, 4.69) is 158 Å². The first-order chi connectivity index (χ1) is 27.5. The molecule has 2 nitrogen and oxygen atoms in total. The van der Waals surface area contributed by atoms with Crippen LogP contribution >= 0.6 is 68.0 Å². The Kier molecular flexibility index (Phi) is 9.45. The van der Waals surface area contributed by atoms with Crippen molar-refractivity contribution in [2.45, 2.75) is 23.7 Å². The maximum Gasteiger partial charge on any atom is 0.118 e. The topological polar surface area (TPSA) is 18.5 Å². The summed E-state index contributed by atoms with van der Waals surface area (Å²) in [6.45, 7) is 0. The predicted octanol–water partition coefficient (Wildman–Crippen LogP) is 14.4. The van der Waals surface area contributed by atoms with E-state index in [1.165, 1.54) is 69.7 Å². The fraction of sp³-hybridized carbons (Fsp3) is 0.125. The summed E-state index contributed by atoms with van der Waals surface area (Å²) in [5, 5.41) is 0. The van der Waals surface area contributed by atoms with Gasteiger partial charge in [-0.2, -0.15) is 0 Å². The molecule has 0 atom stereocenters. The lowest BCUT2D eigenvalue weighted by molar-refractivity contribution is 0.414.